The van der Waals surface area contributed by atoms with Crippen molar-refractivity contribution in [2.45, 2.75) is 19.3 Å². The van der Waals surface area contributed by atoms with E-state index < -0.39 is 11.6 Å². The zero-order valence-corrected chi connectivity index (χ0v) is 9.86. The van der Waals surface area contributed by atoms with Crippen molar-refractivity contribution in [2.24, 2.45) is 5.73 Å². The van der Waals surface area contributed by atoms with E-state index in [4.69, 9.17) is 10.3 Å². The van der Waals surface area contributed by atoms with Crippen molar-refractivity contribution in [1.82, 2.24) is 10.1 Å². The largest absolute Gasteiger partial charge is 0.339 e. The molecule has 2 N–H and O–H groups in total. The Hall–Kier alpha value is -1.82. The van der Waals surface area contributed by atoms with Crippen LogP contribution in [0.2, 0.25) is 0 Å². The minimum absolute atomic E-state index is 0.0134. The van der Waals surface area contributed by atoms with Crippen molar-refractivity contribution in [3.05, 3.63) is 47.1 Å². The lowest BCUT2D eigenvalue weighted by Gasteiger charge is -2.00. The number of aromatic nitrogens is 2. The number of halogens is 2. The quantitative estimate of drug-likeness (QED) is 0.905. The van der Waals surface area contributed by atoms with Crippen LogP contribution in [0.3, 0.4) is 0 Å². The van der Waals surface area contributed by atoms with Crippen LogP contribution < -0.4 is 5.73 Å². The number of benzene rings is 1. The van der Waals surface area contributed by atoms with Gasteiger partial charge in [-0.05, 0) is 11.6 Å². The minimum atomic E-state index is -0.623. The fraction of sp³-hybridized carbons (Fsp3) is 0.333. The van der Waals surface area contributed by atoms with Gasteiger partial charge in [-0.2, -0.15) is 4.98 Å². The van der Waals surface area contributed by atoms with E-state index in [9.17, 15) is 8.78 Å². The summed E-state index contributed by atoms with van der Waals surface area (Å²) in [6.45, 7) is 2.27. The smallest absolute Gasteiger partial charge is 0.231 e. The van der Waals surface area contributed by atoms with E-state index in [0.29, 0.717) is 17.9 Å². The summed E-state index contributed by atoms with van der Waals surface area (Å²) in [7, 11) is 0. The second kappa shape index (κ2) is 5.22. The van der Waals surface area contributed by atoms with Crippen molar-refractivity contribution in [3.8, 4) is 0 Å². The van der Waals surface area contributed by atoms with Gasteiger partial charge in [0.2, 0.25) is 5.89 Å². The molecule has 0 bridgehead atoms. The van der Waals surface area contributed by atoms with Gasteiger partial charge >= 0.3 is 0 Å². The fourth-order valence-corrected chi connectivity index (χ4v) is 1.47. The van der Waals surface area contributed by atoms with Gasteiger partial charge in [-0.3, -0.25) is 0 Å². The summed E-state index contributed by atoms with van der Waals surface area (Å²) in [6, 6.07) is 3.38. The van der Waals surface area contributed by atoms with Gasteiger partial charge in [0.1, 0.15) is 11.6 Å². The van der Waals surface area contributed by atoms with Crippen LogP contribution in [0.15, 0.2) is 22.7 Å². The van der Waals surface area contributed by atoms with Gasteiger partial charge in [-0.15, -0.1) is 0 Å². The van der Waals surface area contributed by atoms with Crippen molar-refractivity contribution < 1.29 is 13.3 Å². The van der Waals surface area contributed by atoms with Crippen LogP contribution in [0, 0.1) is 11.6 Å². The molecule has 0 aliphatic heterocycles. The molecule has 0 radical (unpaired) electrons. The van der Waals surface area contributed by atoms with Gasteiger partial charge in [0.15, 0.2) is 5.82 Å². The van der Waals surface area contributed by atoms with E-state index in [-0.39, 0.29) is 18.2 Å². The summed E-state index contributed by atoms with van der Waals surface area (Å²) in [5, 5.41) is 3.77. The van der Waals surface area contributed by atoms with E-state index in [2.05, 4.69) is 10.1 Å². The van der Waals surface area contributed by atoms with Crippen molar-refractivity contribution in [3.63, 3.8) is 0 Å². The second-order valence-corrected chi connectivity index (χ2v) is 4.10. The molecule has 0 saturated carbocycles. The Bertz CT molecular complexity index is 542. The Morgan fingerprint density at radius 3 is 2.83 bits per heavy atom. The monoisotopic (exact) mass is 253 g/mol. The number of rotatable bonds is 4. The zero-order chi connectivity index (χ0) is 13.1. The van der Waals surface area contributed by atoms with Crippen molar-refractivity contribution in [1.29, 1.82) is 0 Å². The van der Waals surface area contributed by atoms with Crippen LogP contribution in [0.5, 0.6) is 0 Å². The first-order valence-electron chi connectivity index (χ1n) is 5.56. The molecule has 0 amide bonds. The van der Waals surface area contributed by atoms with Gasteiger partial charge in [-0.1, -0.05) is 18.1 Å². The number of nitrogens with two attached hydrogens (primary N) is 1. The molecule has 18 heavy (non-hydrogen) atoms. The van der Waals surface area contributed by atoms with Crippen LogP contribution in [0.25, 0.3) is 0 Å². The SMILES string of the molecule is CC(CN)c1noc(Cc2ccc(F)cc2F)n1. The normalized spacial score (nSPS) is 12.7. The summed E-state index contributed by atoms with van der Waals surface area (Å²) < 4.78 is 31.2. The first-order chi connectivity index (χ1) is 8.60. The lowest BCUT2D eigenvalue weighted by Crippen LogP contribution is -2.10. The van der Waals surface area contributed by atoms with E-state index in [1.165, 1.54) is 12.1 Å². The molecule has 0 aliphatic rings. The maximum atomic E-state index is 13.4. The molecule has 0 fully saturated rings. The molecule has 6 heteroatoms. The molecule has 1 heterocycles. The van der Waals surface area contributed by atoms with Gasteiger partial charge in [0.05, 0.1) is 6.42 Å². The highest BCUT2D eigenvalue weighted by atomic mass is 19.1. The highest BCUT2D eigenvalue weighted by Crippen LogP contribution is 2.15. The molecule has 96 valence electrons. The van der Waals surface area contributed by atoms with Crippen molar-refractivity contribution >= 4 is 0 Å². The summed E-state index contributed by atoms with van der Waals surface area (Å²) in [5.74, 6) is -0.466. The Morgan fingerprint density at radius 2 is 2.17 bits per heavy atom. The predicted molar refractivity (Wildman–Crippen MR) is 60.9 cm³/mol. The molecule has 0 saturated heterocycles. The van der Waals surface area contributed by atoms with E-state index >= 15 is 0 Å². The van der Waals surface area contributed by atoms with E-state index in [0.717, 1.165) is 6.07 Å². The number of nitrogens with zero attached hydrogens (tertiary/aromatic N) is 2. The maximum Gasteiger partial charge on any atom is 0.231 e. The summed E-state index contributed by atoms with van der Waals surface area (Å²) in [6.07, 6.45) is 0.135. The molecule has 4 nitrogen and oxygen atoms in total. The first-order valence-corrected chi connectivity index (χ1v) is 5.56. The van der Waals surface area contributed by atoms with E-state index in [1.807, 2.05) is 6.92 Å². The molecular formula is C12H13F2N3O. The topological polar surface area (TPSA) is 64.9 Å². The summed E-state index contributed by atoms with van der Waals surface area (Å²) >= 11 is 0. The second-order valence-electron chi connectivity index (χ2n) is 4.10. The standard InChI is InChI=1S/C12H13F2N3O/c1-7(6-15)12-16-11(18-17-12)4-8-2-3-9(13)5-10(8)14/h2-3,5,7H,4,6,15H2,1H3. The highest BCUT2D eigenvalue weighted by Gasteiger charge is 2.14. The van der Waals surface area contributed by atoms with Gasteiger partial charge in [-0.25, -0.2) is 8.78 Å². The molecule has 2 rings (SSSR count). The Kier molecular flexibility index (Phi) is 3.66. The molecular weight excluding hydrogens is 240 g/mol. The Balaban J connectivity index is 2.16. The lowest BCUT2D eigenvalue weighted by molar-refractivity contribution is 0.375. The van der Waals surface area contributed by atoms with Crippen LogP contribution in [-0.4, -0.2) is 16.7 Å². The third-order valence-electron chi connectivity index (χ3n) is 2.63. The minimum Gasteiger partial charge on any atom is -0.339 e. The van der Waals surface area contributed by atoms with E-state index in [1.54, 1.807) is 0 Å². The van der Waals surface area contributed by atoms with Crippen LogP contribution in [-0.2, 0) is 6.42 Å². The summed E-state index contributed by atoms with van der Waals surface area (Å²) in [4.78, 5) is 4.12. The summed E-state index contributed by atoms with van der Waals surface area (Å²) in [5.41, 5.74) is 5.80. The first kappa shape index (κ1) is 12.6. The average molecular weight is 253 g/mol. The maximum absolute atomic E-state index is 13.4. The molecule has 0 spiro atoms. The van der Waals surface area contributed by atoms with Crippen molar-refractivity contribution in [2.75, 3.05) is 6.54 Å². The number of hydrogen-bond donors (Lipinski definition) is 1. The lowest BCUT2D eigenvalue weighted by atomic mass is 10.1. The highest BCUT2D eigenvalue weighted by molar-refractivity contribution is 5.21. The Labute approximate surface area is 103 Å². The molecule has 1 atom stereocenters. The molecule has 2 aromatic rings. The van der Waals surface area contributed by atoms with Crippen LogP contribution in [0.1, 0.15) is 30.1 Å². The van der Waals surface area contributed by atoms with Gasteiger partial charge in [0.25, 0.3) is 0 Å². The number of hydrogen-bond acceptors (Lipinski definition) is 4. The third-order valence-corrected chi connectivity index (χ3v) is 2.63. The molecule has 1 aromatic carbocycles. The Morgan fingerprint density at radius 1 is 1.39 bits per heavy atom. The molecule has 0 aliphatic carbocycles. The zero-order valence-electron chi connectivity index (χ0n) is 9.86. The molecule has 1 aromatic heterocycles. The van der Waals surface area contributed by atoms with Gasteiger partial charge < -0.3 is 10.3 Å². The third kappa shape index (κ3) is 2.70. The molecule has 1 unspecified atom stereocenters. The average Bonchev–Trinajstić information content (AvgIpc) is 2.80. The van der Waals surface area contributed by atoms with Crippen LogP contribution >= 0.6 is 0 Å². The van der Waals surface area contributed by atoms with Gasteiger partial charge in [0, 0.05) is 18.5 Å². The predicted octanol–water partition coefficient (Wildman–Crippen LogP) is 2.00. The fourth-order valence-electron chi connectivity index (χ4n) is 1.47. The van der Waals surface area contributed by atoms with Crippen LogP contribution in [0.4, 0.5) is 8.78 Å².